The first kappa shape index (κ1) is 18.4. The van der Waals surface area contributed by atoms with Gasteiger partial charge in [0, 0.05) is 31.3 Å². The van der Waals surface area contributed by atoms with Crippen LogP contribution in [0.3, 0.4) is 0 Å². The number of nitrogens with zero attached hydrogens (tertiary/aromatic N) is 1. The average molecular weight is 507 g/mol. The van der Waals surface area contributed by atoms with E-state index in [1.807, 2.05) is 18.2 Å². The van der Waals surface area contributed by atoms with Crippen LogP contribution in [0.15, 0.2) is 72.1 Å². The summed E-state index contributed by atoms with van der Waals surface area (Å²) in [5.74, 6) is -0.417. The van der Waals surface area contributed by atoms with Gasteiger partial charge in [-0.2, -0.15) is 0 Å². The van der Waals surface area contributed by atoms with Crippen LogP contribution in [0.5, 0.6) is 0 Å². The highest BCUT2D eigenvalue weighted by Crippen LogP contribution is 2.35. The fourth-order valence-corrected chi connectivity index (χ4v) is 5.16. The Morgan fingerprint density at radius 1 is 1.07 bits per heavy atom. The maximum Gasteiger partial charge on any atom is 0.249 e. The molecule has 5 aromatic rings. The number of amides is 1. The summed E-state index contributed by atoms with van der Waals surface area (Å²) in [6.45, 7) is 0.709. The van der Waals surface area contributed by atoms with Crippen LogP contribution >= 0.6 is 33.9 Å². The number of primary amides is 1. The van der Waals surface area contributed by atoms with Crippen LogP contribution in [0.25, 0.3) is 32.2 Å². The Hall–Kier alpha value is -2.64. The predicted octanol–water partition coefficient (Wildman–Crippen LogP) is 6.07. The van der Waals surface area contributed by atoms with E-state index in [9.17, 15) is 4.79 Å². The van der Waals surface area contributed by atoms with Crippen LogP contribution in [0, 0.1) is 9.64 Å². The van der Waals surface area contributed by atoms with Gasteiger partial charge in [0.1, 0.15) is 0 Å². The van der Waals surface area contributed by atoms with Gasteiger partial charge in [0.15, 0.2) is 0 Å². The number of carbonyl (C=O) groups excluding carboxylic acids is 1. The molecule has 0 spiro atoms. The van der Waals surface area contributed by atoms with Gasteiger partial charge >= 0.3 is 0 Å². The molecule has 0 fully saturated rings. The van der Waals surface area contributed by atoms with Crippen molar-refractivity contribution in [3.05, 3.63) is 92.9 Å². The van der Waals surface area contributed by atoms with Gasteiger partial charge in [-0.25, -0.2) is 0 Å². The maximum atomic E-state index is 12.1. The van der Waals surface area contributed by atoms with Crippen molar-refractivity contribution < 1.29 is 4.79 Å². The summed E-state index contributed by atoms with van der Waals surface area (Å²) < 4.78 is 3.46. The van der Waals surface area contributed by atoms with E-state index in [4.69, 9.17) is 5.73 Å². The summed E-state index contributed by atoms with van der Waals surface area (Å²) in [4.78, 5) is 13.3. The fourth-order valence-electron chi connectivity index (χ4n) is 3.83. The highest BCUT2D eigenvalue weighted by atomic mass is 127. The standard InChI is InChI=1S/C24H16IN2OS/c25-17-5-1-4-15(12-17)14-27-20-7-2-6-19(24(26)28)23(20)18-10-9-16(13-21(18)27)22-8-3-11-29-22/h1-9,11-13H,14H2,(H2,26,28). The lowest BCUT2D eigenvalue weighted by Gasteiger charge is -2.09. The minimum absolute atomic E-state index is 0.417. The highest BCUT2D eigenvalue weighted by Gasteiger charge is 2.17. The maximum absolute atomic E-state index is 12.1. The number of rotatable bonds is 4. The van der Waals surface area contributed by atoms with Crippen molar-refractivity contribution >= 4 is 61.6 Å². The zero-order chi connectivity index (χ0) is 20.0. The zero-order valence-corrected chi connectivity index (χ0v) is 18.3. The Kier molecular flexibility index (Phi) is 4.64. The van der Waals surface area contributed by atoms with Gasteiger partial charge in [0.2, 0.25) is 5.91 Å². The van der Waals surface area contributed by atoms with Crippen LogP contribution < -0.4 is 5.73 Å². The number of hydrogen-bond donors (Lipinski definition) is 1. The summed E-state index contributed by atoms with van der Waals surface area (Å²) in [5, 5.41) is 3.88. The molecule has 0 saturated heterocycles. The van der Waals surface area contributed by atoms with Crippen LogP contribution in [-0.4, -0.2) is 10.5 Å². The van der Waals surface area contributed by atoms with Gasteiger partial charge in [-0.05, 0) is 87.6 Å². The molecule has 1 amide bonds. The number of aromatic nitrogens is 1. The quantitative estimate of drug-likeness (QED) is 0.295. The van der Waals surface area contributed by atoms with Gasteiger partial charge in [0.05, 0.1) is 11.0 Å². The van der Waals surface area contributed by atoms with Gasteiger partial charge in [-0.1, -0.05) is 24.3 Å². The van der Waals surface area contributed by atoms with E-state index in [0.29, 0.717) is 12.1 Å². The summed E-state index contributed by atoms with van der Waals surface area (Å²) in [5.41, 5.74) is 10.6. The Bertz CT molecular complexity index is 1370. The van der Waals surface area contributed by atoms with E-state index in [0.717, 1.165) is 27.4 Å². The van der Waals surface area contributed by atoms with Gasteiger partial charge in [-0.15, -0.1) is 11.3 Å². The van der Waals surface area contributed by atoms with Crippen LogP contribution in [0.4, 0.5) is 0 Å². The second-order valence-corrected chi connectivity index (χ2v) is 9.10. The lowest BCUT2D eigenvalue weighted by atomic mass is 10.0. The number of nitrogens with two attached hydrogens (primary N) is 1. The third kappa shape index (κ3) is 3.24. The molecule has 0 aliphatic heterocycles. The second-order valence-electron chi connectivity index (χ2n) is 6.91. The molecule has 0 aliphatic carbocycles. The normalized spacial score (nSPS) is 11.3. The van der Waals surface area contributed by atoms with Crippen molar-refractivity contribution in [3.8, 4) is 10.4 Å². The number of hydrogen-bond acceptors (Lipinski definition) is 2. The molecule has 3 nitrogen and oxygen atoms in total. The molecule has 0 atom stereocenters. The Morgan fingerprint density at radius 3 is 2.69 bits per heavy atom. The molecule has 5 rings (SSSR count). The molecular weight excluding hydrogens is 491 g/mol. The van der Waals surface area contributed by atoms with Crippen LogP contribution in [0.1, 0.15) is 15.9 Å². The van der Waals surface area contributed by atoms with Gasteiger partial charge in [-0.3, -0.25) is 4.79 Å². The first-order chi connectivity index (χ1) is 14.1. The fraction of sp³-hybridized carbons (Fsp3) is 0.0417. The number of fused-ring (bicyclic) bond motifs is 3. The average Bonchev–Trinajstić information content (AvgIpc) is 3.35. The van der Waals surface area contributed by atoms with Crippen LogP contribution in [0.2, 0.25) is 0 Å². The largest absolute Gasteiger partial charge is 0.366 e. The summed E-state index contributed by atoms with van der Waals surface area (Å²) >= 11 is 4.04. The number of benzene rings is 3. The molecule has 141 valence electrons. The SMILES string of the molecule is NC(=O)c1cccc2c1c1[c]cc(-c3cccs3)cc1n2Cc1cccc(I)c1. The molecule has 1 radical (unpaired) electrons. The summed E-state index contributed by atoms with van der Waals surface area (Å²) in [6.07, 6.45) is 0. The molecule has 29 heavy (non-hydrogen) atoms. The first-order valence-corrected chi connectivity index (χ1v) is 11.1. The van der Waals surface area contributed by atoms with Crippen molar-refractivity contribution in [3.63, 3.8) is 0 Å². The minimum atomic E-state index is -0.417. The van der Waals surface area contributed by atoms with Crippen molar-refractivity contribution in [2.45, 2.75) is 6.54 Å². The van der Waals surface area contributed by atoms with E-state index in [1.54, 1.807) is 17.4 Å². The predicted molar refractivity (Wildman–Crippen MR) is 128 cm³/mol. The van der Waals surface area contributed by atoms with E-state index < -0.39 is 5.91 Å². The van der Waals surface area contributed by atoms with E-state index in [2.05, 4.69) is 81.1 Å². The Labute approximate surface area is 185 Å². The van der Waals surface area contributed by atoms with Gasteiger partial charge < -0.3 is 10.3 Å². The first-order valence-electron chi connectivity index (χ1n) is 9.16. The molecule has 2 heterocycles. The zero-order valence-electron chi connectivity index (χ0n) is 15.4. The van der Waals surface area contributed by atoms with E-state index in [1.165, 1.54) is 14.0 Å². The topological polar surface area (TPSA) is 48.0 Å². The van der Waals surface area contributed by atoms with Crippen molar-refractivity contribution in [2.75, 3.05) is 0 Å². The third-order valence-corrected chi connectivity index (χ3v) is 6.69. The Balaban J connectivity index is 1.82. The number of thiophene rings is 1. The molecule has 0 aliphatic rings. The third-order valence-electron chi connectivity index (χ3n) is 5.10. The molecule has 0 unspecified atom stereocenters. The summed E-state index contributed by atoms with van der Waals surface area (Å²) in [6, 6.07) is 26.0. The smallest absolute Gasteiger partial charge is 0.249 e. The highest BCUT2D eigenvalue weighted by molar-refractivity contribution is 14.1. The Morgan fingerprint density at radius 2 is 1.93 bits per heavy atom. The van der Waals surface area contributed by atoms with E-state index in [-0.39, 0.29) is 0 Å². The lowest BCUT2D eigenvalue weighted by molar-refractivity contribution is 0.100. The molecule has 0 saturated carbocycles. The molecule has 3 aromatic carbocycles. The summed E-state index contributed by atoms with van der Waals surface area (Å²) in [7, 11) is 0. The monoisotopic (exact) mass is 507 g/mol. The number of carbonyl (C=O) groups is 1. The van der Waals surface area contributed by atoms with E-state index >= 15 is 0 Å². The van der Waals surface area contributed by atoms with Gasteiger partial charge in [0.25, 0.3) is 0 Å². The minimum Gasteiger partial charge on any atom is -0.366 e. The van der Waals surface area contributed by atoms with Crippen molar-refractivity contribution in [1.29, 1.82) is 0 Å². The van der Waals surface area contributed by atoms with Crippen molar-refractivity contribution in [1.82, 2.24) is 4.57 Å². The molecule has 5 heteroatoms. The van der Waals surface area contributed by atoms with Crippen LogP contribution in [-0.2, 0) is 6.54 Å². The van der Waals surface area contributed by atoms with Crippen molar-refractivity contribution in [2.24, 2.45) is 5.73 Å². The molecular formula is C24H16IN2OS. The lowest BCUT2D eigenvalue weighted by Crippen LogP contribution is -2.11. The molecule has 0 bridgehead atoms. The second kappa shape index (κ2) is 7.31. The molecule has 2 aromatic heterocycles. The molecule has 2 N–H and O–H groups in total. The number of halogens is 1.